The van der Waals surface area contributed by atoms with Crippen molar-refractivity contribution in [3.63, 3.8) is 0 Å². The number of anilines is 2. The van der Waals surface area contributed by atoms with E-state index in [0.29, 0.717) is 17.9 Å². The normalized spacial score (nSPS) is 17.8. The number of hydrogen-bond donors (Lipinski definition) is 2. The molecule has 1 unspecified atom stereocenters. The second-order valence-corrected chi connectivity index (χ2v) is 8.92. The number of urea groups is 1. The molecule has 4 rings (SSSR count). The number of nitrogens with zero attached hydrogens (tertiary/aromatic N) is 4. The summed E-state index contributed by atoms with van der Waals surface area (Å²) >= 11 is 0. The first-order chi connectivity index (χ1) is 17.3. The van der Waals surface area contributed by atoms with Gasteiger partial charge in [0.1, 0.15) is 11.9 Å². The van der Waals surface area contributed by atoms with E-state index < -0.39 is 23.9 Å². The van der Waals surface area contributed by atoms with Gasteiger partial charge in [-0.25, -0.2) is 9.78 Å². The molecule has 4 amide bonds. The van der Waals surface area contributed by atoms with Crippen molar-refractivity contribution in [2.75, 3.05) is 17.7 Å². The largest absolute Gasteiger partial charge is 0.384 e. The van der Waals surface area contributed by atoms with Gasteiger partial charge in [0.25, 0.3) is 5.91 Å². The molecular formula is C27H30N6O3. The fraction of sp³-hybridized carbons (Fsp3) is 0.296. The van der Waals surface area contributed by atoms with Crippen LogP contribution in [0.4, 0.5) is 16.3 Å². The number of imide groups is 1. The van der Waals surface area contributed by atoms with Crippen molar-refractivity contribution in [3.05, 3.63) is 83.8 Å². The van der Waals surface area contributed by atoms with E-state index in [0.717, 1.165) is 21.6 Å². The Labute approximate surface area is 210 Å². The molecular weight excluding hydrogens is 456 g/mol. The van der Waals surface area contributed by atoms with Gasteiger partial charge in [0, 0.05) is 31.3 Å². The molecule has 0 radical (unpaired) electrons. The summed E-state index contributed by atoms with van der Waals surface area (Å²) in [5, 5.41) is 2.97. The van der Waals surface area contributed by atoms with E-state index in [1.807, 2.05) is 38.1 Å². The van der Waals surface area contributed by atoms with E-state index in [9.17, 15) is 14.4 Å². The fourth-order valence-corrected chi connectivity index (χ4v) is 4.62. The number of pyridine rings is 2. The van der Waals surface area contributed by atoms with Crippen LogP contribution in [0.2, 0.25) is 0 Å². The van der Waals surface area contributed by atoms with E-state index in [1.54, 1.807) is 49.9 Å². The number of likely N-dealkylation sites (N-methyl/N-ethyl adjacent to an activating group) is 1. The highest BCUT2D eigenvalue weighted by Gasteiger charge is 2.55. The molecule has 3 N–H and O–H groups in total. The topological polar surface area (TPSA) is 122 Å². The van der Waals surface area contributed by atoms with Gasteiger partial charge in [-0.3, -0.25) is 19.5 Å². The highest BCUT2D eigenvalue weighted by atomic mass is 16.2. The molecule has 2 aromatic heterocycles. The maximum absolute atomic E-state index is 13.6. The third-order valence-electron chi connectivity index (χ3n) is 6.64. The molecule has 0 spiro atoms. The Hall–Kier alpha value is -4.27. The van der Waals surface area contributed by atoms with Crippen LogP contribution in [0.3, 0.4) is 0 Å². The second-order valence-electron chi connectivity index (χ2n) is 8.92. The summed E-state index contributed by atoms with van der Waals surface area (Å²) in [5.41, 5.74) is 9.22. The van der Waals surface area contributed by atoms with Crippen LogP contribution in [0.15, 0.2) is 67.1 Å². The first kappa shape index (κ1) is 24.8. The Kier molecular flexibility index (Phi) is 7.28. The van der Waals surface area contributed by atoms with Gasteiger partial charge in [-0.1, -0.05) is 31.2 Å². The van der Waals surface area contributed by atoms with Crippen LogP contribution in [0.5, 0.6) is 0 Å². The molecule has 9 heteroatoms. The summed E-state index contributed by atoms with van der Waals surface area (Å²) in [6.07, 6.45) is 5.63. The molecule has 1 aliphatic rings. The minimum atomic E-state index is -0.959. The van der Waals surface area contributed by atoms with Crippen LogP contribution in [0.25, 0.3) is 0 Å². The number of nitrogen functional groups attached to an aromatic ring is 1. The Balaban J connectivity index is 1.61. The smallest absolute Gasteiger partial charge is 0.325 e. The molecule has 186 valence electrons. The zero-order valence-corrected chi connectivity index (χ0v) is 20.6. The lowest BCUT2D eigenvalue weighted by atomic mass is 9.81. The lowest BCUT2D eigenvalue weighted by Crippen LogP contribution is -2.70. The second kappa shape index (κ2) is 10.6. The maximum atomic E-state index is 13.6. The van der Waals surface area contributed by atoms with Gasteiger partial charge in [-0.2, -0.15) is 0 Å². The quantitative estimate of drug-likeness (QED) is 0.495. The number of nitrogens with two attached hydrogens (primary N) is 1. The summed E-state index contributed by atoms with van der Waals surface area (Å²) < 4.78 is 0. The van der Waals surface area contributed by atoms with Crippen molar-refractivity contribution in [1.29, 1.82) is 0 Å². The lowest BCUT2D eigenvalue weighted by Gasteiger charge is -2.46. The van der Waals surface area contributed by atoms with Crippen LogP contribution >= 0.6 is 0 Å². The Bertz CT molecular complexity index is 1270. The third kappa shape index (κ3) is 4.91. The highest BCUT2D eigenvalue weighted by Crippen LogP contribution is 2.33. The van der Waals surface area contributed by atoms with Gasteiger partial charge in [0.05, 0.1) is 12.0 Å². The number of β-lactam (4-membered cyclic amide) rings is 1. The van der Waals surface area contributed by atoms with Crippen LogP contribution in [-0.4, -0.2) is 45.8 Å². The summed E-state index contributed by atoms with van der Waals surface area (Å²) in [6, 6.07) is 12.8. The van der Waals surface area contributed by atoms with Crippen LogP contribution in [0, 0.1) is 12.8 Å². The number of benzene rings is 1. The molecule has 0 aliphatic carbocycles. The number of carbonyl (C=O) groups is 3. The number of aromatic nitrogens is 2. The number of nitrogens with one attached hydrogen (secondary N) is 1. The van der Waals surface area contributed by atoms with Crippen LogP contribution < -0.4 is 16.0 Å². The van der Waals surface area contributed by atoms with Crippen molar-refractivity contribution >= 4 is 29.4 Å². The van der Waals surface area contributed by atoms with Crippen molar-refractivity contribution in [3.8, 4) is 0 Å². The van der Waals surface area contributed by atoms with Gasteiger partial charge in [0.15, 0.2) is 0 Å². The summed E-state index contributed by atoms with van der Waals surface area (Å²) in [5.74, 6) is -1.13. The summed E-state index contributed by atoms with van der Waals surface area (Å²) in [4.78, 5) is 50.8. The number of carbonyl (C=O) groups excluding carboxylic acids is 3. The molecule has 0 bridgehead atoms. The first-order valence-electron chi connectivity index (χ1n) is 11.9. The van der Waals surface area contributed by atoms with E-state index >= 15 is 0 Å². The summed E-state index contributed by atoms with van der Waals surface area (Å²) in [6.45, 7) is 3.94. The third-order valence-corrected chi connectivity index (χ3v) is 6.64. The van der Waals surface area contributed by atoms with Gasteiger partial charge in [0.2, 0.25) is 5.91 Å². The average molecular weight is 487 g/mol. The van der Waals surface area contributed by atoms with E-state index in [4.69, 9.17) is 5.73 Å². The van der Waals surface area contributed by atoms with Gasteiger partial charge < -0.3 is 16.0 Å². The van der Waals surface area contributed by atoms with Gasteiger partial charge >= 0.3 is 6.03 Å². The van der Waals surface area contributed by atoms with Crippen molar-refractivity contribution < 1.29 is 14.4 Å². The number of hydrogen-bond acceptors (Lipinski definition) is 6. The molecule has 3 aromatic rings. The van der Waals surface area contributed by atoms with E-state index in [-0.39, 0.29) is 18.4 Å². The van der Waals surface area contributed by atoms with Crippen LogP contribution in [-0.2, 0) is 16.0 Å². The zero-order valence-electron chi connectivity index (χ0n) is 20.6. The molecule has 1 fully saturated rings. The van der Waals surface area contributed by atoms with E-state index in [2.05, 4.69) is 15.3 Å². The van der Waals surface area contributed by atoms with Crippen molar-refractivity contribution in [2.45, 2.75) is 38.8 Å². The van der Waals surface area contributed by atoms with Crippen LogP contribution in [0.1, 0.15) is 36.1 Å². The van der Waals surface area contributed by atoms with Crippen molar-refractivity contribution in [2.24, 2.45) is 5.92 Å². The number of rotatable bonds is 7. The molecule has 36 heavy (non-hydrogen) atoms. The molecule has 3 atom stereocenters. The van der Waals surface area contributed by atoms with Gasteiger partial charge in [-0.05, 0) is 60.7 Å². The number of amides is 4. The Morgan fingerprint density at radius 1 is 1.14 bits per heavy atom. The molecule has 0 saturated carbocycles. The number of likely N-dealkylation sites (tertiary alicyclic amines) is 1. The maximum Gasteiger partial charge on any atom is 0.325 e. The molecule has 3 heterocycles. The predicted molar refractivity (Wildman–Crippen MR) is 137 cm³/mol. The summed E-state index contributed by atoms with van der Waals surface area (Å²) in [7, 11) is 1.63. The molecule has 9 nitrogen and oxygen atoms in total. The van der Waals surface area contributed by atoms with Crippen molar-refractivity contribution in [1.82, 2.24) is 20.2 Å². The molecule has 1 saturated heterocycles. The Morgan fingerprint density at radius 3 is 2.53 bits per heavy atom. The molecule has 1 aliphatic heterocycles. The highest BCUT2D eigenvalue weighted by molar-refractivity contribution is 6.12. The average Bonchev–Trinajstić information content (AvgIpc) is 2.89. The standard InChI is InChI=1S/C27H30N6O3/c1-4-22(20-8-6-5-7-17(20)2)31-27(36)33-24(26(35)32(3)19-10-12-29-13-11-19)21(25(33)34)15-18-9-14-30-23(28)16-18/h5-14,16,21-22,24H,4,15H2,1-3H3,(H2,28,30)(H,31,36)/t21-,22?,24+/m1/s1. The Morgan fingerprint density at radius 2 is 1.86 bits per heavy atom. The molecule has 1 aromatic carbocycles. The number of aryl methyl sites for hydroxylation is 1. The predicted octanol–water partition coefficient (Wildman–Crippen LogP) is 3.26. The minimum absolute atomic E-state index is 0.269. The SMILES string of the molecule is CCC(NC(=O)N1C(=O)[C@H](Cc2ccnc(N)c2)[C@H]1C(=O)N(C)c1ccncc1)c1ccccc1C. The fourth-order valence-electron chi connectivity index (χ4n) is 4.62. The van der Waals surface area contributed by atoms with E-state index in [1.165, 1.54) is 4.90 Å². The minimum Gasteiger partial charge on any atom is -0.384 e. The monoisotopic (exact) mass is 486 g/mol. The van der Waals surface area contributed by atoms with Gasteiger partial charge in [-0.15, -0.1) is 0 Å². The zero-order chi connectivity index (χ0) is 25.8. The first-order valence-corrected chi connectivity index (χ1v) is 11.9. The lowest BCUT2D eigenvalue weighted by molar-refractivity contribution is -0.156.